The zero-order chi connectivity index (χ0) is 43.6. The minimum absolute atomic E-state index is 0.00607. The quantitative estimate of drug-likeness (QED) is 0.0496. The average Bonchev–Trinajstić information content (AvgIpc) is 3.47. The number of carboxylic acid groups (broad SMARTS) is 1. The van der Waals surface area contributed by atoms with E-state index in [-0.39, 0.29) is 65.7 Å². The number of aromatic nitrogens is 4. The summed E-state index contributed by atoms with van der Waals surface area (Å²) >= 11 is 0. The molecule has 0 radical (unpaired) electrons. The molecule has 6 amide bonds. The Balaban J connectivity index is 0.827. The van der Waals surface area contributed by atoms with Crippen LogP contribution in [0.25, 0.3) is 11.2 Å². The number of fused-ring (bicyclic) bond motifs is 2. The number of aliphatic carboxylic acids is 1. The van der Waals surface area contributed by atoms with Crippen LogP contribution in [0.5, 0.6) is 0 Å². The first kappa shape index (κ1) is 43.3. The van der Waals surface area contributed by atoms with Crippen molar-refractivity contribution in [3.8, 4) is 0 Å². The predicted octanol–water partition coefficient (Wildman–Crippen LogP) is 2.15. The number of carboxylic acids is 1. The lowest BCUT2D eigenvalue weighted by atomic mass is 10.0. The van der Waals surface area contributed by atoms with Gasteiger partial charge in [-0.25, -0.2) is 14.8 Å². The lowest BCUT2D eigenvalue weighted by Crippen LogP contribution is -2.54. The maximum absolute atomic E-state index is 13.0. The highest BCUT2D eigenvalue weighted by Gasteiger charge is 2.44. The van der Waals surface area contributed by atoms with Crippen LogP contribution in [0.4, 0.5) is 23.1 Å². The highest BCUT2D eigenvalue weighted by atomic mass is 16.4. The average molecular weight is 837 g/mol. The molecule has 0 saturated carbocycles. The Morgan fingerprint density at radius 1 is 0.918 bits per heavy atom. The monoisotopic (exact) mass is 836 g/mol. The number of anilines is 4. The summed E-state index contributed by atoms with van der Waals surface area (Å²) < 4.78 is 0. The van der Waals surface area contributed by atoms with Gasteiger partial charge >= 0.3 is 5.97 Å². The van der Waals surface area contributed by atoms with Crippen molar-refractivity contribution in [1.82, 2.24) is 40.8 Å². The molecule has 0 aliphatic carbocycles. The SMILES string of the molecule is CN(Cc1cnc2nc(N)nc(N)c2n1)c1ccc(C(=O)N[C@H](CCC(=O)NCCCCCCCCNc2ccc3c(c2)C(=O)N(C2CCC(=O)NC2=O)C3=O)C(=O)O)cc1. The smallest absolute Gasteiger partial charge is 0.326 e. The first-order valence-electron chi connectivity index (χ1n) is 20.0. The second-order valence-electron chi connectivity index (χ2n) is 14.9. The fraction of sp³-hybridized carbons (Fsp3) is 0.390. The van der Waals surface area contributed by atoms with Crippen LogP contribution in [-0.2, 0) is 25.7 Å². The van der Waals surface area contributed by atoms with Gasteiger partial charge in [-0.1, -0.05) is 25.7 Å². The number of hydrogen-bond acceptors (Lipinski definition) is 15. The van der Waals surface area contributed by atoms with Crippen molar-refractivity contribution >= 4 is 75.7 Å². The molecule has 9 N–H and O–H groups in total. The summed E-state index contributed by atoms with van der Waals surface area (Å²) in [6, 6.07) is 9.26. The highest BCUT2D eigenvalue weighted by Crippen LogP contribution is 2.30. The molecule has 61 heavy (non-hydrogen) atoms. The van der Waals surface area contributed by atoms with Crippen molar-refractivity contribution in [1.29, 1.82) is 0 Å². The lowest BCUT2D eigenvalue weighted by molar-refractivity contribution is -0.140. The Labute approximate surface area is 350 Å². The summed E-state index contributed by atoms with van der Waals surface area (Å²) in [7, 11) is 1.83. The molecule has 20 nitrogen and oxygen atoms in total. The summed E-state index contributed by atoms with van der Waals surface area (Å²) in [5.41, 5.74) is 14.9. The number of nitrogens with zero attached hydrogens (tertiary/aromatic N) is 6. The van der Waals surface area contributed by atoms with Gasteiger partial charge in [-0.3, -0.25) is 39.0 Å². The van der Waals surface area contributed by atoms with Crippen molar-refractivity contribution in [2.75, 3.05) is 41.8 Å². The maximum Gasteiger partial charge on any atom is 0.326 e. The van der Waals surface area contributed by atoms with Gasteiger partial charge in [0.05, 0.1) is 29.6 Å². The maximum atomic E-state index is 13.0. The molecule has 4 heterocycles. The van der Waals surface area contributed by atoms with E-state index in [0.717, 1.165) is 49.1 Å². The van der Waals surface area contributed by atoms with E-state index in [1.54, 1.807) is 48.7 Å². The van der Waals surface area contributed by atoms with E-state index >= 15 is 0 Å². The summed E-state index contributed by atoms with van der Waals surface area (Å²) in [5.74, 6) is -4.14. The first-order valence-corrected chi connectivity index (χ1v) is 20.0. The lowest BCUT2D eigenvalue weighted by Gasteiger charge is -2.27. The summed E-state index contributed by atoms with van der Waals surface area (Å²) in [6.07, 6.45) is 7.03. The fourth-order valence-electron chi connectivity index (χ4n) is 7.12. The van der Waals surface area contributed by atoms with Gasteiger partial charge in [-0.15, -0.1) is 0 Å². The number of carbonyl (C=O) groups excluding carboxylic acids is 6. The second kappa shape index (κ2) is 19.7. The van der Waals surface area contributed by atoms with Gasteiger partial charge in [0.25, 0.3) is 17.7 Å². The van der Waals surface area contributed by atoms with E-state index in [1.807, 2.05) is 11.9 Å². The van der Waals surface area contributed by atoms with Crippen LogP contribution in [0, 0.1) is 0 Å². The van der Waals surface area contributed by atoms with Crippen LogP contribution in [-0.4, -0.2) is 104 Å². The minimum atomic E-state index is -1.25. The first-order chi connectivity index (χ1) is 29.3. The van der Waals surface area contributed by atoms with Crippen LogP contribution in [0.3, 0.4) is 0 Å². The molecule has 2 aromatic heterocycles. The zero-order valence-corrected chi connectivity index (χ0v) is 33.6. The van der Waals surface area contributed by atoms with Gasteiger partial charge < -0.3 is 37.4 Å². The van der Waals surface area contributed by atoms with E-state index in [2.05, 4.69) is 41.2 Å². The summed E-state index contributed by atoms with van der Waals surface area (Å²) in [6.45, 7) is 1.47. The largest absolute Gasteiger partial charge is 0.480 e. The van der Waals surface area contributed by atoms with Crippen molar-refractivity contribution in [3.05, 3.63) is 71.0 Å². The van der Waals surface area contributed by atoms with Gasteiger partial charge in [-0.2, -0.15) is 9.97 Å². The Hall–Kier alpha value is -7.25. The van der Waals surface area contributed by atoms with Crippen molar-refractivity contribution in [2.45, 2.75) is 82.8 Å². The number of unbranched alkanes of at least 4 members (excludes halogenated alkanes) is 5. The summed E-state index contributed by atoms with van der Waals surface area (Å²) in [5, 5.41) is 20.5. The van der Waals surface area contributed by atoms with E-state index < -0.39 is 47.6 Å². The normalized spacial score (nSPS) is 15.3. The van der Waals surface area contributed by atoms with E-state index in [0.29, 0.717) is 36.5 Å². The molecule has 0 bridgehead atoms. The number of benzene rings is 2. The summed E-state index contributed by atoms with van der Waals surface area (Å²) in [4.78, 5) is 107. The van der Waals surface area contributed by atoms with E-state index in [9.17, 15) is 38.7 Å². The Morgan fingerprint density at radius 3 is 2.34 bits per heavy atom. The molecule has 1 fully saturated rings. The molecule has 1 saturated heterocycles. The number of rotatable bonds is 20. The van der Waals surface area contributed by atoms with E-state index in [4.69, 9.17) is 11.5 Å². The molecule has 4 aromatic rings. The predicted molar refractivity (Wildman–Crippen MR) is 223 cm³/mol. The Kier molecular flexibility index (Phi) is 14.0. The third kappa shape index (κ3) is 10.9. The van der Waals surface area contributed by atoms with Gasteiger partial charge in [0, 0.05) is 49.9 Å². The third-order valence-electron chi connectivity index (χ3n) is 10.4. The molecule has 1 unspecified atom stereocenters. The number of amides is 6. The van der Waals surface area contributed by atoms with Gasteiger partial charge in [-0.05, 0) is 68.1 Å². The molecule has 2 aliphatic heterocycles. The van der Waals surface area contributed by atoms with Crippen molar-refractivity contribution in [2.24, 2.45) is 0 Å². The fourth-order valence-corrected chi connectivity index (χ4v) is 7.12. The van der Waals surface area contributed by atoms with Crippen LogP contribution in [0.2, 0.25) is 0 Å². The molecule has 20 heteroatoms. The van der Waals surface area contributed by atoms with Crippen LogP contribution in [0.1, 0.15) is 101 Å². The Bertz CT molecular complexity index is 2340. The van der Waals surface area contributed by atoms with E-state index in [1.165, 1.54) is 0 Å². The molecule has 2 atom stereocenters. The zero-order valence-electron chi connectivity index (χ0n) is 33.6. The molecular formula is C41H48N12O8. The molecule has 2 aromatic carbocycles. The number of nitrogens with two attached hydrogens (primary N) is 2. The van der Waals surface area contributed by atoms with Crippen LogP contribution >= 0.6 is 0 Å². The second-order valence-corrected chi connectivity index (χ2v) is 14.9. The van der Waals surface area contributed by atoms with Gasteiger partial charge in [0.15, 0.2) is 17.0 Å². The molecular weight excluding hydrogens is 789 g/mol. The number of nitrogens with one attached hydrogen (secondary N) is 4. The van der Waals surface area contributed by atoms with Crippen LogP contribution < -0.4 is 37.6 Å². The molecule has 0 spiro atoms. The third-order valence-corrected chi connectivity index (χ3v) is 10.4. The number of imide groups is 2. The van der Waals surface area contributed by atoms with Gasteiger partial charge in [0.1, 0.15) is 12.1 Å². The van der Waals surface area contributed by atoms with Crippen molar-refractivity contribution < 1.29 is 38.7 Å². The van der Waals surface area contributed by atoms with Gasteiger partial charge in [0.2, 0.25) is 23.7 Å². The number of hydrogen-bond donors (Lipinski definition) is 7. The number of carbonyl (C=O) groups is 7. The number of piperidine rings is 1. The highest BCUT2D eigenvalue weighted by molar-refractivity contribution is 6.23. The number of nitrogen functional groups attached to an aromatic ring is 2. The van der Waals surface area contributed by atoms with Crippen LogP contribution in [0.15, 0.2) is 48.7 Å². The molecule has 6 rings (SSSR count). The molecule has 320 valence electrons. The molecule has 2 aliphatic rings. The topological polar surface area (TPSA) is 298 Å². The standard InChI is InChI=1S/C41H48N12O8/c1-52(22-25-21-46-35-33(47-25)34(42)50-41(43)51-35)26-11-8-23(9-12-26)36(56)48-29(40(60)61)14-16-31(54)45-19-7-5-3-2-4-6-18-44-24-10-13-27-28(20-24)39(59)53(38(27)58)30-15-17-32(55)49-37(30)57/h8-13,20-21,29-30,44H,2-7,14-19,22H2,1H3,(H,45,54)(H,48,56)(H,60,61)(H,49,55,57)(H4,42,43,46,50,51)/t29-,30?/m1/s1. The van der Waals surface area contributed by atoms with Crippen molar-refractivity contribution in [3.63, 3.8) is 0 Å². The Morgan fingerprint density at radius 2 is 1.62 bits per heavy atom. The minimum Gasteiger partial charge on any atom is -0.480 e.